The summed E-state index contributed by atoms with van der Waals surface area (Å²) in [6.45, 7) is 4.68. The first kappa shape index (κ1) is 24.6. The van der Waals surface area contributed by atoms with Crippen LogP contribution < -0.4 is 10.6 Å². The Balaban J connectivity index is 1.24. The molecule has 3 heterocycles. The molecule has 2 aliphatic heterocycles. The molecule has 0 bridgehead atoms. The lowest BCUT2D eigenvalue weighted by Crippen LogP contribution is -2.42. The molecule has 1 saturated heterocycles. The van der Waals surface area contributed by atoms with E-state index in [1.807, 2.05) is 12.1 Å². The summed E-state index contributed by atoms with van der Waals surface area (Å²) in [5, 5.41) is 28.2. The van der Waals surface area contributed by atoms with Crippen LogP contribution in [0.5, 0.6) is 0 Å². The van der Waals surface area contributed by atoms with Crippen molar-refractivity contribution in [2.75, 3.05) is 38.0 Å². The fourth-order valence-electron chi connectivity index (χ4n) is 4.48. The van der Waals surface area contributed by atoms with Crippen LogP contribution in [0.1, 0.15) is 35.0 Å². The Hall–Kier alpha value is -3.57. The molecular formula is C24H31N7O4. The Morgan fingerprint density at radius 3 is 2.83 bits per heavy atom. The van der Waals surface area contributed by atoms with E-state index < -0.39 is 12.0 Å². The minimum Gasteiger partial charge on any atom is -0.410 e. The average Bonchev–Trinajstić information content (AvgIpc) is 3.34. The topological polar surface area (TPSA) is 143 Å². The molecule has 2 aliphatic rings. The Kier molecular flexibility index (Phi) is 7.88. The smallest absolute Gasteiger partial charge is 0.271 e. The number of fused-ring (bicyclic) bond motifs is 1. The number of hydrogen-bond donors (Lipinski definition) is 4. The number of nitrogens with zero attached hydrogens (tertiary/aromatic N) is 5. The summed E-state index contributed by atoms with van der Waals surface area (Å²) in [5.41, 5.74) is 2.86. The van der Waals surface area contributed by atoms with Gasteiger partial charge >= 0.3 is 0 Å². The van der Waals surface area contributed by atoms with Crippen LogP contribution in [0.4, 0.5) is 5.82 Å². The van der Waals surface area contributed by atoms with Crippen molar-refractivity contribution in [3.05, 3.63) is 53.5 Å². The minimum absolute atomic E-state index is 0.0407. The normalized spacial score (nSPS) is 19.2. The van der Waals surface area contributed by atoms with Gasteiger partial charge in [-0.25, -0.2) is 9.97 Å². The number of β-amino-alcohol motifs (C(OH)–C–C–N with tert-alkyl or cyclic N) is 1. The third-order valence-corrected chi connectivity index (χ3v) is 6.36. The molecule has 186 valence electrons. The largest absolute Gasteiger partial charge is 0.410 e. The molecule has 35 heavy (non-hydrogen) atoms. The van der Waals surface area contributed by atoms with Crippen LogP contribution in [-0.2, 0) is 17.8 Å². The molecule has 1 aromatic carbocycles. The lowest BCUT2D eigenvalue weighted by molar-refractivity contribution is -0.123. The molecule has 4 N–H and O–H groups in total. The number of oxime groups is 1. The Morgan fingerprint density at radius 2 is 2.03 bits per heavy atom. The lowest BCUT2D eigenvalue weighted by atomic mass is 10.00. The van der Waals surface area contributed by atoms with Crippen LogP contribution in [0.3, 0.4) is 0 Å². The molecule has 0 radical (unpaired) electrons. The molecule has 2 amide bonds. The molecule has 0 spiro atoms. The first-order chi connectivity index (χ1) is 16.9. The van der Waals surface area contributed by atoms with E-state index in [-0.39, 0.29) is 29.9 Å². The molecular weight excluding hydrogens is 450 g/mol. The van der Waals surface area contributed by atoms with E-state index in [1.165, 1.54) is 24.4 Å². The van der Waals surface area contributed by atoms with E-state index in [0.717, 1.165) is 19.5 Å². The van der Waals surface area contributed by atoms with Crippen molar-refractivity contribution >= 4 is 23.3 Å². The van der Waals surface area contributed by atoms with E-state index in [1.54, 1.807) is 11.0 Å². The van der Waals surface area contributed by atoms with Crippen LogP contribution in [0.25, 0.3) is 0 Å². The third-order valence-electron chi connectivity index (χ3n) is 6.36. The minimum atomic E-state index is -0.698. The molecule has 2 aromatic rings. The molecule has 11 nitrogen and oxygen atoms in total. The lowest BCUT2D eigenvalue weighted by Gasteiger charge is -2.30. The molecule has 4 rings (SSSR count). The van der Waals surface area contributed by atoms with Gasteiger partial charge in [-0.1, -0.05) is 29.4 Å². The van der Waals surface area contributed by atoms with Crippen molar-refractivity contribution < 1.29 is 19.9 Å². The predicted octanol–water partition coefficient (Wildman–Crippen LogP) is 0.489. The maximum Gasteiger partial charge on any atom is 0.271 e. The average molecular weight is 482 g/mol. The van der Waals surface area contributed by atoms with E-state index >= 15 is 0 Å². The van der Waals surface area contributed by atoms with Gasteiger partial charge in [-0.2, -0.15) is 0 Å². The number of benzene rings is 1. The quantitative estimate of drug-likeness (QED) is 0.242. The molecule has 1 fully saturated rings. The zero-order valence-electron chi connectivity index (χ0n) is 19.7. The monoisotopic (exact) mass is 481 g/mol. The van der Waals surface area contributed by atoms with Crippen molar-refractivity contribution in [1.29, 1.82) is 0 Å². The summed E-state index contributed by atoms with van der Waals surface area (Å²) in [5.74, 6) is -0.229. The highest BCUT2D eigenvalue weighted by molar-refractivity contribution is 6.37. The van der Waals surface area contributed by atoms with Crippen molar-refractivity contribution in [2.24, 2.45) is 5.16 Å². The van der Waals surface area contributed by atoms with Gasteiger partial charge < -0.3 is 25.8 Å². The second-order valence-corrected chi connectivity index (χ2v) is 8.97. The van der Waals surface area contributed by atoms with Crippen LogP contribution in [0.2, 0.25) is 0 Å². The van der Waals surface area contributed by atoms with E-state index in [2.05, 4.69) is 42.8 Å². The Bertz CT molecular complexity index is 1090. The first-order valence-corrected chi connectivity index (χ1v) is 11.7. The maximum absolute atomic E-state index is 12.6. The van der Waals surface area contributed by atoms with Crippen LogP contribution >= 0.6 is 0 Å². The van der Waals surface area contributed by atoms with Gasteiger partial charge in [-0.05, 0) is 30.9 Å². The van der Waals surface area contributed by atoms with Gasteiger partial charge in [0, 0.05) is 51.4 Å². The summed E-state index contributed by atoms with van der Waals surface area (Å²) in [6, 6.07) is 9.83. The third kappa shape index (κ3) is 6.31. The highest BCUT2D eigenvalue weighted by atomic mass is 16.4. The SMILES string of the molecule is C/C(=N/O)C(=O)N1CCC(Nc2cc(C(=O)NC[C@H](O)CN3CCc4ccccc4C3)ncn2)C1. The standard InChI is InChI=1S/C24H31N7O4/c1-16(29-35)24(34)31-9-7-19(13-31)28-22-10-21(26-15-27-22)23(33)25-11-20(32)14-30-8-6-17-4-2-3-5-18(17)12-30/h2-5,10,15,19-20,32,35H,6-9,11-14H2,1H3,(H,25,33)(H,26,27,28)/b29-16-/t19?,20-/m0/s1. The Morgan fingerprint density at radius 1 is 1.23 bits per heavy atom. The predicted molar refractivity (Wildman–Crippen MR) is 129 cm³/mol. The van der Waals surface area contributed by atoms with Gasteiger partial charge in [-0.3, -0.25) is 14.5 Å². The number of carbonyl (C=O) groups is 2. The first-order valence-electron chi connectivity index (χ1n) is 11.7. The Labute approximate surface area is 203 Å². The van der Waals surface area contributed by atoms with Gasteiger partial charge in [0.15, 0.2) is 0 Å². The van der Waals surface area contributed by atoms with Crippen LogP contribution in [-0.4, -0.2) is 92.5 Å². The zero-order chi connectivity index (χ0) is 24.8. The van der Waals surface area contributed by atoms with E-state index in [9.17, 15) is 14.7 Å². The van der Waals surface area contributed by atoms with Crippen molar-refractivity contribution in [2.45, 2.75) is 38.5 Å². The second-order valence-electron chi connectivity index (χ2n) is 8.97. The van der Waals surface area contributed by atoms with Gasteiger partial charge in [0.25, 0.3) is 11.8 Å². The number of likely N-dealkylation sites (tertiary alicyclic amines) is 1. The molecule has 1 unspecified atom stereocenters. The summed E-state index contributed by atoms with van der Waals surface area (Å²) >= 11 is 0. The summed E-state index contributed by atoms with van der Waals surface area (Å²) < 4.78 is 0. The van der Waals surface area contributed by atoms with Crippen molar-refractivity contribution in [3.8, 4) is 0 Å². The molecule has 0 aliphatic carbocycles. The zero-order valence-corrected chi connectivity index (χ0v) is 19.7. The number of aliphatic hydroxyl groups is 1. The number of anilines is 1. The number of nitrogens with one attached hydrogen (secondary N) is 2. The summed E-state index contributed by atoms with van der Waals surface area (Å²) in [7, 11) is 0. The number of carbonyl (C=O) groups excluding carboxylic acids is 2. The molecule has 2 atom stereocenters. The highest BCUT2D eigenvalue weighted by Crippen LogP contribution is 2.18. The van der Waals surface area contributed by atoms with Crippen molar-refractivity contribution in [1.82, 2.24) is 25.1 Å². The van der Waals surface area contributed by atoms with Crippen LogP contribution in [0.15, 0.2) is 41.8 Å². The van der Waals surface area contributed by atoms with E-state index in [0.29, 0.717) is 31.9 Å². The van der Waals surface area contributed by atoms with E-state index in [4.69, 9.17) is 5.21 Å². The number of rotatable bonds is 8. The molecule has 11 heteroatoms. The number of aromatic nitrogens is 2. The number of aliphatic hydroxyl groups excluding tert-OH is 1. The molecule has 0 saturated carbocycles. The van der Waals surface area contributed by atoms with Gasteiger partial charge in [0.1, 0.15) is 23.6 Å². The molecule has 1 aromatic heterocycles. The number of hydrogen-bond acceptors (Lipinski definition) is 9. The second kappa shape index (κ2) is 11.2. The summed E-state index contributed by atoms with van der Waals surface area (Å²) in [4.78, 5) is 36.7. The van der Waals surface area contributed by atoms with Gasteiger partial charge in [-0.15, -0.1) is 0 Å². The fraction of sp³-hybridized carbons (Fsp3) is 0.458. The summed E-state index contributed by atoms with van der Waals surface area (Å²) in [6.07, 6.45) is 2.26. The highest BCUT2D eigenvalue weighted by Gasteiger charge is 2.28. The fourth-order valence-corrected chi connectivity index (χ4v) is 4.48. The van der Waals surface area contributed by atoms with Crippen LogP contribution in [0, 0.1) is 0 Å². The van der Waals surface area contributed by atoms with Crippen molar-refractivity contribution in [3.63, 3.8) is 0 Å². The maximum atomic E-state index is 12.6. The van der Waals surface area contributed by atoms with Gasteiger partial charge in [0.2, 0.25) is 0 Å². The van der Waals surface area contributed by atoms with Gasteiger partial charge in [0.05, 0.1) is 6.10 Å². The number of amides is 2.